The van der Waals surface area contributed by atoms with Gasteiger partial charge in [-0.1, -0.05) is 18.9 Å². The van der Waals surface area contributed by atoms with E-state index in [1.807, 2.05) is 4.90 Å². The number of likely N-dealkylation sites (tertiary alicyclic amines) is 1. The third-order valence-corrected chi connectivity index (χ3v) is 7.19. The normalized spacial score (nSPS) is 25.3. The van der Waals surface area contributed by atoms with Crippen LogP contribution in [0.4, 0.5) is 0 Å². The fourth-order valence-corrected chi connectivity index (χ4v) is 5.50. The summed E-state index contributed by atoms with van der Waals surface area (Å²) in [6, 6.07) is 6.64. The Morgan fingerprint density at radius 2 is 2.00 bits per heavy atom. The molecular formula is C20H27N3O2S. The molecule has 5 nitrogen and oxygen atoms in total. The molecular weight excluding hydrogens is 346 g/mol. The van der Waals surface area contributed by atoms with E-state index in [4.69, 9.17) is 4.74 Å². The van der Waals surface area contributed by atoms with E-state index >= 15 is 0 Å². The first kappa shape index (κ1) is 18.0. The second kappa shape index (κ2) is 7.30. The predicted molar refractivity (Wildman–Crippen MR) is 101 cm³/mol. The number of nitrogens with zero attached hydrogens (tertiary/aromatic N) is 3. The molecule has 0 unspecified atom stereocenters. The van der Waals surface area contributed by atoms with Gasteiger partial charge in [0.1, 0.15) is 5.41 Å². The van der Waals surface area contributed by atoms with E-state index in [2.05, 4.69) is 28.5 Å². The van der Waals surface area contributed by atoms with Crippen molar-refractivity contribution in [1.29, 1.82) is 5.26 Å². The maximum absolute atomic E-state index is 13.0. The summed E-state index contributed by atoms with van der Waals surface area (Å²) >= 11 is 1.81. The number of carbonyl (C=O) groups excluding carboxylic acids is 1. The third kappa shape index (κ3) is 3.40. The van der Waals surface area contributed by atoms with Crippen LogP contribution in [-0.4, -0.2) is 54.1 Å². The summed E-state index contributed by atoms with van der Waals surface area (Å²) in [6.45, 7) is 5.10. The molecule has 3 aliphatic rings. The standard InChI is InChI=1S/C20H27N3O2S/c21-15-19(5-1-2-6-19)18(24)23-9-7-20(8-10-23)16-22(11-12-25-20)14-17-4-3-13-26-17/h3-4,13H,1-2,5-12,14,16H2. The average Bonchev–Trinajstić information content (AvgIpc) is 3.34. The lowest BCUT2D eigenvalue weighted by atomic mass is 9.83. The van der Waals surface area contributed by atoms with Crippen molar-refractivity contribution in [3.05, 3.63) is 22.4 Å². The first-order valence-corrected chi connectivity index (χ1v) is 10.6. The van der Waals surface area contributed by atoms with Crippen LogP contribution in [0.5, 0.6) is 0 Å². The van der Waals surface area contributed by atoms with E-state index in [0.717, 1.165) is 77.9 Å². The quantitative estimate of drug-likeness (QED) is 0.817. The van der Waals surface area contributed by atoms with Gasteiger partial charge in [-0.05, 0) is 37.1 Å². The average molecular weight is 374 g/mol. The van der Waals surface area contributed by atoms with Crippen molar-refractivity contribution in [1.82, 2.24) is 9.80 Å². The molecule has 140 valence electrons. The molecule has 6 heteroatoms. The molecule has 1 spiro atoms. The van der Waals surface area contributed by atoms with Gasteiger partial charge in [0.2, 0.25) is 5.91 Å². The van der Waals surface area contributed by atoms with Gasteiger partial charge in [-0.25, -0.2) is 0 Å². The number of carbonyl (C=O) groups is 1. The summed E-state index contributed by atoms with van der Waals surface area (Å²) in [6.07, 6.45) is 5.21. The Balaban J connectivity index is 1.36. The topological polar surface area (TPSA) is 56.6 Å². The zero-order chi connectivity index (χ0) is 18.0. The zero-order valence-corrected chi connectivity index (χ0v) is 16.1. The number of morpholine rings is 1. The monoisotopic (exact) mass is 373 g/mol. The second-order valence-corrected chi connectivity index (χ2v) is 9.05. The Morgan fingerprint density at radius 1 is 1.23 bits per heavy atom. The number of nitriles is 1. The SMILES string of the molecule is N#CC1(C(=O)N2CCC3(CC2)CN(Cc2cccs2)CCO3)CCCC1. The van der Waals surface area contributed by atoms with Crippen molar-refractivity contribution in [2.24, 2.45) is 5.41 Å². The number of thiophene rings is 1. The predicted octanol–water partition coefficient (Wildman–Crippen LogP) is 3.03. The van der Waals surface area contributed by atoms with Gasteiger partial charge in [0.15, 0.2) is 0 Å². The van der Waals surface area contributed by atoms with Crippen LogP contribution in [0.25, 0.3) is 0 Å². The Bertz CT molecular complexity index is 668. The maximum Gasteiger partial charge on any atom is 0.243 e. The summed E-state index contributed by atoms with van der Waals surface area (Å²) in [7, 11) is 0. The number of amides is 1. The smallest absolute Gasteiger partial charge is 0.243 e. The lowest BCUT2D eigenvalue weighted by Crippen LogP contribution is -2.58. The van der Waals surface area contributed by atoms with Crippen molar-refractivity contribution in [2.45, 2.75) is 50.7 Å². The van der Waals surface area contributed by atoms with Gasteiger partial charge in [-0.2, -0.15) is 5.26 Å². The second-order valence-electron chi connectivity index (χ2n) is 8.01. The van der Waals surface area contributed by atoms with Gasteiger partial charge in [0.25, 0.3) is 0 Å². The lowest BCUT2D eigenvalue weighted by molar-refractivity contribution is -0.156. The molecule has 3 fully saturated rings. The highest BCUT2D eigenvalue weighted by atomic mass is 32.1. The largest absolute Gasteiger partial charge is 0.372 e. The third-order valence-electron chi connectivity index (χ3n) is 6.33. The van der Waals surface area contributed by atoms with Crippen molar-refractivity contribution in [3.63, 3.8) is 0 Å². The van der Waals surface area contributed by atoms with Crippen LogP contribution < -0.4 is 0 Å². The van der Waals surface area contributed by atoms with Crippen molar-refractivity contribution >= 4 is 17.2 Å². The molecule has 2 saturated heterocycles. The van der Waals surface area contributed by atoms with Crippen LogP contribution in [0.2, 0.25) is 0 Å². The number of hydrogen-bond donors (Lipinski definition) is 0. The highest BCUT2D eigenvalue weighted by Gasteiger charge is 2.47. The Labute approximate surface area is 159 Å². The number of rotatable bonds is 3. The maximum atomic E-state index is 13.0. The summed E-state index contributed by atoms with van der Waals surface area (Å²) in [5.74, 6) is 0.0681. The Morgan fingerprint density at radius 3 is 2.65 bits per heavy atom. The van der Waals surface area contributed by atoms with Crippen molar-refractivity contribution < 1.29 is 9.53 Å². The minimum absolute atomic E-state index is 0.0681. The summed E-state index contributed by atoms with van der Waals surface area (Å²) in [4.78, 5) is 18.8. The molecule has 1 aliphatic carbocycles. The fourth-order valence-electron chi connectivity index (χ4n) is 4.76. The van der Waals surface area contributed by atoms with E-state index in [9.17, 15) is 10.1 Å². The van der Waals surface area contributed by atoms with Crippen LogP contribution in [0.3, 0.4) is 0 Å². The van der Waals surface area contributed by atoms with E-state index in [-0.39, 0.29) is 11.5 Å². The van der Waals surface area contributed by atoms with E-state index in [1.165, 1.54) is 4.88 Å². The van der Waals surface area contributed by atoms with Crippen LogP contribution in [0.1, 0.15) is 43.4 Å². The van der Waals surface area contributed by atoms with Gasteiger partial charge < -0.3 is 9.64 Å². The molecule has 0 radical (unpaired) electrons. The minimum Gasteiger partial charge on any atom is -0.372 e. The van der Waals surface area contributed by atoms with Gasteiger partial charge in [0.05, 0.1) is 18.3 Å². The van der Waals surface area contributed by atoms with E-state index in [1.54, 1.807) is 11.3 Å². The van der Waals surface area contributed by atoms with E-state index < -0.39 is 5.41 Å². The molecule has 1 aromatic rings. The summed E-state index contributed by atoms with van der Waals surface area (Å²) in [5.41, 5.74) is -0.870. The number of hydrogen-bond acceptors (Lipinski definition) is 5. The van der Waals surface area contributed by atoms with Crippen LogP contribution in [0.15, 0.2) is 17.5 Å². The Kier molecular flexibility index (Phi) is 5.05. The number of ether oxygens (including phenoxy) is 1. The first-order chi connectivity index (χ1) is 12.6. The van der Waals surface area contributed by atoms with Gasteiger partial charge in [-0.15, -0.1) is 11.3 Å². The van der Waals surface area contributed by atoms with Crippen molar-refractivity contribution in [3.8, 4) is 6.07 Å². The molecule has 26 heavy (non-hydrogen) atoms. The minimum atomic E-state index is -0.747. The van der Waals surface area contributed by atoms with E-state index in [0.29, 0.717) is 0 Å². The van der Waals surface area contributed by atoms with Crippen LogP contribution >= 0.6 is 11.3 Å². The molecule has 0 N–H and O–H groups in total. The molecule has 0 bridgehead atoms. The summed E-state index contributed by atoms with van der Waals surface area (Å²) < 4.78 is 6.22. The molecule has 1 aromatic heterocycles. The molecule has 4 rings (SSSR count). The summed E-state index contributed by atoms with van der Waals surface area (Å²) in [5, 5.41) is 11.7. The van der Waals surface area contributed by atoms with Gasteiger partial charge in [0, 0.05) is 37.6 Å². The van der Waals surface area contributed by atoms with Crippen LogP contribution in [-0.2, 0) is 16.1 Å². The highest BCUT2D eigenvalue weighted by Crippen LogP contribution is 2.40. The number of piperidine rings is 1. The van der Waals surface area contributed by atoms with Gasteiger partial charge in [-0.3, -0.25) is 9.69 Å². The first-order valence-electron chi connectivity index (χ1n) is 9.74. The molecule has 0 aromatic carbocycles. The zero-order valence-electron chi connectivity index (χ0n) is 15.3. The molecule has 2 aliphatic heterocycles. The Hall–Kier alpha value is -1.42. The fraction of sp³-hybridized carbons (Fsp3) is 0.700. The van der Waals surface area contributed by atoms with Gasteiger partial charge >= 0.3 is 0 Å². The molecule has 1 saturated carbocycles. The van der Waals surface area contributed by atoms with Crippen molar-refractivity contribution in [2.75, 3.05) is 32.8 Å². The highest BCUT2D eigenvalue weighted by molar-refractivity contribution is 7.09. The van der Waals surface area contributed by atoms with Crippen LogP contribution in [0, 0.1) is 16.7 Å². The lowest BCUT2D eigenvalue weighted by Gasteiger charge is -2.48. The molecule has 0 atom stereocenters. The molecule has 3 heterocycles. The molecule has 1 amide bonds.